The van der Waals surface area contributed by atoms with Gasteiger partial charge in [-0.2, -0.15) is 0 Å². The van der Waals surface area contributed by atoms with Gasteiger partial charge in [-0.15, -0.1) is 0 Å². The van der Waals surface area contributed by atoms with Gasteiger partial charge in [0.25, 0.3) is 0 Å². The summed E-state index contributed by atoms with van der Waals surface area (Å²) in [6.45, 7) is 10.3. The number of unbranched alkanes of at least 4 members (excludes halogenated alkanes) is 2. The summed E-state index contributed by atoms with van der Waals surface area (Å²) in [5.74, 6) is 0. The van der Waals surface area contributed by atoms with Gasteiger partial charge in [-0.05, 0) is 91.9 Å². The number of aliphatic hydroxyl groups is 1. The van der Waals surface area contributed by atoms with E-state index in [2.05, 4.69) is 27.7 Å². The van der Waals surface area contributed by atoms with Gasteiger partial charge in [0.05, 0.1) is 17.3 Å². The molecular weight excluding hydrogens is 380 g/mol. The molecule has 1 N–H and O–H groups in total. The number of aliphatic hydroxyl groups excluding tert-OH is 1. The molecule has 0 radical (unpaired) electrons. The molecule has 0 bridgehead atoms. The third kappa shape index (κ3) is 11.4. The Morgan fingerprint density at radius 2 is 1.17 bits per heavy atom. The molecule has 2 fully saturated rings. The highest BCUT2D eigenvalue weighted by atomic mass is 16.7. The van der Waals surface area contributed by atoms with Crippen LogP contribution in [0.3, 0.4) is 0 Å². The van der Waals surface area contributed by atoms with Crippen molar-refractivity contribution in [3.63, 3.8) is 0 Å². The molecule has 2 aliphatic rings. The Bertz CT molecular complexity index is 399. The minimum atomic E-state index is -0.193. The second-order valence-corrected chi connectivity index (χ2v) is 10.5. The molecule has 178 valence electrons. The first-order valence-corrected chi connectivity index (χ1v) is 12.5. The summed E-state index contributed by atoms with van der Waals surface area (Å²) in [7, 11) is 0. The van der Waals surface area contributed by atoms with Crippen LogP contribution >= 0.6 is 0 Å². The molecule has 5 nitrogen and oxygen atoms in total. The minimum Gasteiger partial charge on any atom is -0.393 e. The molecule has 2 saturated heterocycles. The average molecular weight is 429 g/mol. The van der Waals surface area contributed by atoms with Gasteiger partial charge >= 0.3 is 0 Å². The maximum atomic E-state index is 10.3. The van der Waals surface area contributed by atoms with E-state index in [0.29, 0.717) is 0 Å². The molecule has 0 saturated carbocycles. The zero-order valence-electron chi connectivity index (χ0n) is 20.1. The summed E-state index contributed by atoms with van der Waals surface area (Å²) in [4.78, 5) is 0. The van der Waals surface area contributed by atoms with Crippen molar-refractivity contribution in [1.29, 1.82) is 0 Å². The highest BCUT2D eigenvalue weighted by Gasteiger charge is 2.26. The van der Waals surface area contributed by atoms with Crippen LogP contribution in [-0.2, 0) is 18.9 Å². The quantitative estimate of drug-likeness (QED) is 0.338. The van der Waals surface area contributed by atoms with Gasteiger partial charge in [0.15, 0.2) is 12.6 Å². The van der Waals surface area contributed by atoms with Crippen LogP contribution in [0.15, 0.2) is 0 Å². The predicted octanol–water partition coefficient (Wildman–Crippen LogP) is 6.11. The van der Waals surface area contributed by atoms with Crippen molar-refractivity contribution < 1.29 is 24.1 Å². The van der Waals surface area contributed by atoms with Crippen LogP contribution in [0.5, 0.6) is 0 Å². The molecule has 0 amide bonds. The number of hydrogen-bond acceptors (Lipinski definition) is 5. The van der Waals surface area contributed by atoms with E-state index >= 15 is 0 Å². The van der Waals surface area contributed by atoms with Gasteiger partial charge in [0.2, 0.25) is 0 Å². The Labute approximate surface area is 185 Å². The van der Waals surface area contributed by atoms with Crippen molar-refractivity contribution in [2.75, 3.05) is 13.2 Å². The van der Waals surface area contributed by atoms with E-state index < -0.39 is 0 Å². The van der Waals surface area contributed by atoms with Crippen molar-refractivity contribution in [3.05, 3.63) is 0 Å². The molecule has 2 heterocycles. The van der Waals surface area contributed by atoms with Crippen LogP contribution < -0.4 is 0 Å². The molecule has 0 aromatic rings. The molecule has 2 atom stereocenters. The fraction of sp³-hybridized carbons (Fsp3) is 1.00. The largest absolute Gasteiger partial charge is 0.393 e. The van der Waals surface area contributed by atoms with E-state index in [4.69, 9.17) is 18.9 Å². The summed E-state index contributed by atoms with van der Waals surface area (Å²) in [5, 5.41) is 10.3. The number of rotatable bonds is 14. The average Bonchev–Trinajstić information content (AvgIpc) is 2.69. The third-order valence-corrected chi connectivity index (χ3v) is 6.31. The summed E-state index contributed by atoms with van der Waals surface area (Å²) in [6.07, 6.45) is 14.5. The molecule has 0 aromatic carbocycles. The summed E-state index contributed by atoms with van der Waals surface area (Å²) in [5.41, 5.74) is -0.304. The lowest BCUT2D eigenvalue weighted by Gasteiger charge is -2.33. The fourth-order valence-electron chi connectivity index (χ4n) is 4.44. The summed E-state index contributed by atoms with van der Waals surface area (Å²) < 4.78 is 23.7. The van der Waals surface area contributed by atoms with Gasteiger partial charge in [0, 0.05) is 13.2 Å². The Morgan fingerprint density at radius 1 is 0.733 bits per heavy atom. The molecular formula is C25H48O5. The fourth-order valence-corrected chi connectivity index (χ4v) is 4.44. The van der Waals surface area contributed by atoms with Crippen molar-refractivity contribution in [2.45, 2.75) is 147 Å². The first-order chi connectivity index (χ1) is 14.3. The second-order valence-electron chi connectivity index (χ2n) is 10.5. The highest BCUT2D eigenvalue weighted by Crippen LogP contribution is 2.27. The Balaban J connectivity index is 1.48. The lowest BCUT2D eigenvalue weighted by atomic mass is 9.96. The van der Waals surface area contributed by atoms with Gasteiger partial charge < -0.3 is 24.1 Å². The molecule has 0 aromatic heterocycles. The zero-order valence-corrected chi connectivity index (χ0v) is 20.1. The summed E-state index contributed by atoms with van der Waals surface area (Å²) in [6, 6.07) is 0. The minimum absolute atomic E-state index is 0.0303. The number of ether oxygens (including phenoxy) is 4. The molecule has 2 unspecified atom stereocenters. The van der Waals surface area contributed by atoms with Crippen LogP contribution in [0.25, 0.3) is 0 Å². The van der Waals surface area contributed by atoms with E-state index in [1.54, 1.807) is 0 Å². The molecule has 30 heavy (non-hydrogen) atoms. The second kappa shape index (κ2) is 13.4. The van der Waals surface area contributed by atoms with Crippen molar-refractivity contribution in [3.8, 4) is 0 Å². The van der Waals surface area contributed by atoms with E-state index in [0.717, 1.165) is 90.3 Å². The first kappa shape index (κ1) is 26.1. The highest BCUT2D eigenvalue weighted by molar-refractivity contribution is 4.73. The number of hydrogen-bond donors (Lipinski definition) is 1. The molecule has 0 spiro atoms. The van der Waals surface area contributed by atoms with Crippen LogP contribution in [-0.4, -0.2) is 48.2 Å². The molecule has 2 rings (SSSR count). The Kier molecular flexibility index (Phi) is 11.6. The van der Waals surface area contributed by atoms with E-state index in [-0.39, 0.29) is 29.9 Å². The van der Waals surface area contributed by atoms with Crippen molar-refractivity contribution in [2.24, 2.45) is 0 Å². The molecule has 0 aliphatic carbocycles. The smallest absolute Gasteiger partial charge is 0.158 e. The van der Waals surface area contributed by atoms with Crippen molar-refractivity contribution in [1.82, 2.24) is 0 Å². The lowest BCUT2D eigenvalue weighted by molar-refractivity contribution is -0.217. The lowest BCUT2D eigenvalue weighted by Crippen LogP contribution is -2.34. The predicted molar refractivity (Wildman–Crippen MR) is 120 cm³/mol. The summed E-state index contributed by atoms with van der Waals surface area (Å²) >= 11 is 0. The third-order valence-electron chi connectivity index (χ3n) is 6.31. The maximum Gasteiger partial charge on any atom is 0.158 e. The van der Waals surface area contributed by atoms with E-state index in [9.17, 15) is 5.11 Å². The maximum absolute atomic E-state index is 10.3. The van der Waals surface area contributed by atoms with Gasteiger partial charge in [-0.1, -0.05) is 25.7 Å². The normalized spacial score (nSPS) is 24.7. The van der Waals surface area contributed by atoms with Crippen LogP contribution in [0, 0.1) is 0 Å². The molecule has 5 heteroatoms. The standard InChI is InChI=1S/C25H48O5/c1-24(2,29-22-15-7-11-19-27-22)17-9-5-13-21(26)14-6-10-18-25(3,4)30-23-16-8-12-20-28-23/h21-23,26H,5-20H2,1-4H3. The first-order valence-electron chi connectivity index (χ1n) is 12.5. The topological polar surface area (TPSA) is 57.2 Å². The van der Waals surface area contributed by atoms with Crippen molar-refractivity contribution >= 4 is 0 Å². The van der Waals surface area contributed by atoms with Crippen LogP contribution in [0.1, 0.15) is 118 Å². The van der Waals surface area contributed by atoms with Crippen LogP contribution in [0.4, 0.5) is 0 Å². The monoisotopic (exact) mass is 428 g/mol. The van der Waals surface area contributed by atoms with Gasteiger partial charge in [0.1, 0.15) is 0 Å². The SMILES string of the molecule is CC(C)(CCCCC(O)CCCCC(C)(C)OC1CCCCO1)OC1CCCCO1. The van der Waals surface area contributed by atoms with Gasteiger partial charge in [-0.25, -0.2) is 0 Å². The Hall–Kier alpha value is -0.200. The molecule has 2 aliphatic heterocycles. The van der Waals surface area contributed by atoms with E-state index in [1.165, 1.54) is 12.8 Å². The zero-order chi connectivity index (χ0) is 21.9. The van der Waals surface area contributed by atoms with E-state index in [1.807, 2.05) is 0 Å². The van der Waals surface area contributed by atoms with Crippen LogP contribution in [0.2, 0.25) is 0 Å². The Morgan fingerprint density at radius 3 is 1.53 bits per heavy atom. The van der Waals surface area contributed by atoms with Gasteiger partial charge in [-0.3, -0.25) is 0 Å².